The number of aliphatic hydroxyl groups is 1. The summed E-state index contributed by atoms with van der Waals surface area (Å²) in [4.78, 5) is 12.5. The van der Waals surface area contributed by atoms with Crippen molar-refractivity contribution in [3.63, 3.8) is 0 Å². The maximum Gasteiger partial charge on any atom is 0.334 e. The number of aliphatic hydroxyl groups excluding tert-OH is 1. The van der Waals surface area contributed by atoms with Gasteiger partial charge < -0.3 is 9.84 Å². The van der Waals surface area contributed by atoms with Gasteiger partial charge in [-0.05, 0) is 25.2 Å². The number of unbranched alkanes of at least 4 members (excludes halogenated alkanes) is 25. The van der Waals surface area contributed by atoms with Crippen LogP contribution in [-0.2, 0) is 9.53 Å². The van der Waals surface area contributed by atoms with Crippen molar-refractivity contribution >= 4 is 5.97 Å². The average Bonchev–Trinajstić information content (AvgIpc) is 2.98. The van der Waals surface area contributed by atoms with E-state index < -0.39 is 6.10 Å². The molecule has 0 aromatic heterocycles. The standard InChI is InChI=1S/C38H76O3/c1-4-7-10-13-16-18-19-20-21-22-23-25-28-31-34-37(39)38(40)41-35-36(32-29-26-15-12-9-6-3)33-30-27-24-17-14-11-8-5-2/h36-37,39H,4-35H2,1-3H3. The number of esters is 1. The third kappa shape index (κ3) is 30.7. The maximum absolute atomic E-state index is 12.5. The van der Waals surface area contributed by atoms with Crippen molar-refractivity contribution in [2.24, 2.45) is 5.92 Å². The summed E-state index contributed by atoms with van der Waals surface area (Å²) < 4.78 is 5.66. The fourth-order valence-corrected chi connectivity index (χ4v) is 6.04. The zero-order chi connectivity index (χ0) is 30.1. The second-order valence-corrected chi connectivity index (χ2v) is 13.2. The number of rotatable bonds is 34. The fraction of sp³-hybridized carbons (Fsp3) is 0.974. The van der Waals surface area contributed by atoms with Crippen molar-refractivity contribution in [3.8, 4) is 0 Å². The van der Waals surface area contributed by atoms with Crippen LogP contribution in [0.1, 0.15) is 220 Å². The number of carbonyl (C=O) groups is 1. The smallest absolute Gasteiger partial charge is 0.334 e. The van der Waals surface area contributed by atoms with E-state index in [1.807, 2.05) is 0 Å². The van der Waals surface area contributed by atoms with Gasteiger partial charge in [-0.2, -0.15) is 0 Å². The molecule has 0 aromatic rings. The molecule has 3 heteroatoms. The lowest BCUT2D eigenvalue weighted by molar-refractivity contribution is -0.155. The Morgan fingerprint density at radius 1 is 0.439 bits per heavy atom. The molecular formula is C38H76O3. The van der Waals surface area contributed by atoms with E-state index in [-0.39, 0.29) is 5.97 Å². The summed E-state index contributed by atoms with van der Waals surface area (Å²) in [5.74, 6) is 0.0713. The van der Waals surface area contributed by atoms with Gasteiger partial charge in [0.25, 0.3) is 0 Å². The molecule has 1 N–H and O–H groups in total. The monoisotopic (exact) mass is 581 g/mol. The SMILES string of the molecule is CCCCCCCCCCCCCCCCC(O)C(=O)OCC(CCCCCCCC)CCCCCCCCCC. The molecule has 0 aromatic carbocycles. The Bertz CT molecular complexity index is 506. The molecule has 3 nitrogen and oxygen atoms in total. The summed E-state index contributed by atoms with van der Waals surface area (Å²) >= 11 is 0. The van der Waals surface area contributed by atoms with E-state index in [9.17, 15) is 9.90 Å². The first-order valence-electron chi connectivity index (χ1n) is 19.0. The molecule has 0 radical (unpaired) electrons. The van der Waals surface area contributed by atoms with E-state index >= 15 is 0 Å². The number of ether oxygens (including phenoxy) is 1. The molecule has 0 spiro atoms. The summed E-state index contributed by atoms with van der Waals surface area (Å²) in [5.41, 5.74) is 0. The molecular weight excluding hydrogens is 504 g/mol. The van der Waals surface area contributed by atoms with E-state index in [1.165, 1.54) is 167 Å². The van der Waals surface area contributed by atoms with E-state index in [2.05, 4.69) is 20.8 Å². The summed E-state index contributed by atoms with van der Waals surface area (Å²) in [6, 6.07) is 0. The Morgan fingerprint density at radius 2 is 0.707 bits per heavy atom. The van der Waals surface area contributed by atoms with Crippen LogP contribution in [-0.4, -0.2) is 23.8 Å². The average molecular weight is 581 g/mol. The Hall–Kier alpha value is -0.570. The van der Waals surface area contributed by atoms with Crippen LogP contribution in [0.2, 0.25) is 0 Å². The predicted octanol–water partition coefficient (Wildman–Crippen LogP) is 12.7. The quantitative estimate of drug-likeness (QED) is 0.0608. The van der Waals surface area contributed by atoms with E-state index in [0.717, 1.165) is 25.7 Å². The van der Waals surface area contributed by atoms with Gasteiger partial charge in [-0.3, -0.25) is 0 Å². The van der Waals surface area contributed by atoms with Crippen molar-refractivity contribution in [2.75, 3.05) is 6.61 Å². The van der Waals surface area contributed by atoms with Crippen molar-refractivity contribution < 1.29 is 14.6 Å². The maximum atomic E-state index is 12.5. The molecule has 0 fully saturated rings. The van der Waals surface area contributed by atoms with Crippen LogP contribution in [0.5, 0.6) is 0 Å². The molecule has 246 valence electrons. The highest BCUT2D eigenvalue weighted by atomic mass is 16.5. The second kappa shape index (κ2) is 33.9. The molecule has 0 aliphatic heterocycles. The first-order valence-corrected chi connectivity index (χ1v) is 19.0. The number of carbonyl (C=O) groups excluding carboxylic acids is 1. The molecule has 0 aliphatic rings. The molecule has 0 amide bonds. The van der Waals surface area contributed by atoms with Gasteiger partial charge in [0.1, 0.15) is 0 Å². The van der Waals surface area contributed by atoms with Crippen molar-refractivity contribution in [1.29, 1.82) is 0 Å². The highest BCUT2D eigenvalue weighted by molar-refractivity contribution is 5.74. The van der Waals surface area contributed by atoms with E-state index in [1.54, 1.807) is 0 Å². The molecule has 2 unspecified atom stereocenters. The fourth-order valence-electron chi connectivity index (χ4n) is 6.04. The Kier molecular flexibility index (Phi) is 33.5. The van der Waals surface area contributed by atoms with Gasteiger partial charge in [0, 0.05) is 0 Å². The largest absolute Gasteiger partial charge is 0.463 e. The van der Waals surface area contributed by atoms with Crippen LogP contribution in [0.15, 0.2) is 0 Å². The Labute approximate surface area is 258 Å². The highest BCUT2D eigenvalue weighted by Gasteiger charge is 2.18. The van der Waals surface area contributed by atoms with Crippen LogP contribution in [0.4, 0.5) is 0 Å². The molecule has 0 bridgehead atoms. The van der Waals surface area contributed by atoms with Crippen LogP contribution in [0.3, 0.4) is 0 Å². The topological polar surface area (TPSA) is 46.5 Å². The van der Waals surface area contributed by atoms with Gasteiger partial charge in [-0.1, -0.05) is 201 Å². The molecule has 0 rings (SSSR count). The minimum Gasteiger partial charge on any atom is -0.463 e. The van der Waals surface area contributed by atoms with Crippen molar-refractivity contribution in [3.05, 3.63) is 0 Å². The first-order chi connectivity index (χ1) is 20.2. The van der Waals surface area contributed by atoms with Gasteiger partial charge >= 0.3 is 5.97 Å². The van der Waals surface area contributed by atoms with Gasteiger partial charge in [0.15, 0.2) is 6.10 Å². The van der Waals surface area contributed by atoms with Crippen molar-refractivity contribution in [1.82, 2.24) is 0 Å². The minimum absolute atomic E-state index is 0.386. The third-order valence-electron chi connectivity index (χ3n) is 9.00. The van der Waals surface area contributed by atoms with Crippen LogP contribution in [0, 0.1) is 5.92 Å². The molecule has 0 heterocycles. The van der Waals surface area contributed by atoms with E-state index in [0.29, 0.717) is 18.9 Å². The Morgan fingerprint density at radius 3 is 1.02 bits per heavy atom. The Balaban J connectivity index is 3.95. The third-order valence-corrected chi connectivity index (χ3v) is 9.00. The van der Waals surface area contributed by atoms with Gasteiger partial charge in [-0.25, -0.2) is 4.79 Å². The predicted molar refractivity (Wildman–Crippen MR) is 181 cm³/mol. The molecule has 41 heavy (non-hydrogen) atoms. The van der Waals surface area contributed by atoms with Gasteiger partial charge in [0.2, 0.25) is 0 Å². The second-order valence-electron chi connectivity index (χ2n) is 13.2. The van der Waals surface area contributed by atoms with Gasteiger partial charge in [-0.15, -0.1) is 0 Å². The lowest BCUT2D eigenvalue weighted by Gasteiger charge is -2.18. The summed E-state index contributed by atoms with van der Waals surface area (Å²) in [7, 11) is 0. The summed E-state index contributed by atoms with van der Waals surface area (Å²) in [5, 5.41) is 10.4. The zero-order valence-electron chi connectivity index (χ0n) is 28.5. The highest BCUT2D eigenvalue weighted by Crippen LogP contribution is 2.21. The molecule has 0 aliphatic carbocycles. The van der Waals surface area contributed by atoms with Crippen molar-refractivity contribution in [2.45, 2.75) is 226 Å². The normalized spacial score (nSPS) is 13.0. The molecule has 0 saturated heterocycles. The molecule has 0 saturated carbocycles. The zero-order valence-corrected chi connectivity index (χ0v) is 28.5. The van der Waals surface area contributed by atoms with Crippen LogP contribution >= 0.6 is 0 Å². The first kappa shape index (κ1) is 40.4. The number of hydrogen-bond donors (Lipinski definition) is 1. The summed E-state index contributed by atoms with van der Waals surface area (Å²) in [6.07, 6.45) is 38.9. The number of hydrogen-bond acceptors (Lipinski definition) is 3. The minimum atomic E-state index is -0.940. The van der Waals surface area contributed by atoms with Gasteiger partial charge in [0.05, 0.1) is 6.61 Å². The summed E-state index contributed by atoms with van der Waals surface area (Å²) in [6.45, 7) is 7.32. The molecule has 2 atom stereocenters. The lowest BCUT2D eigenvalue weighted by atomic mass is 9.94. The van der Waals surface area contributed by atoms with E-state index in [4.69, 9.17) is 4.74 Å². The van der Waals surface area contributed by atoms with Crippen LogP contribution in [0.25, 0.3) is 0 Å². The lowest BCUT2D eigenvalue weighted by Crippen LogP contribution is -2.25. The van der Waals surface area contributed by atoms with Crippen LogP contribution < -0.4 is 0 Å².